The molecule has 0 bridgehead atoms. The minimum atomic E-state index is -0.00685. The van der Waals surface area contributed by atoms with E-state index >= 15 is 0 Å². The highest BCUT2D eigenvalue weighted by Gasteiger charge is 2.35. The molecule has 1 heteroatoms. The Morgan fingerprint density at radius 3 is 2.18 bits per heavy atom. The number of para-hydroxylation sites is 1. The third-order valence-electron chi connectivity index (χ3n) is 5.82. The van der Waals surface area contributed by atoms with Gasteiger partial charge < -0.3 is 5.32 Å². The topological polar surface area (TPSA) is 12.0 Å². The van der Waals surface area contributed by atoms with Gasteiger partial charge in [0.15, 0.2) is 0 Å². The van der Waals surface area contributed by atoms with E-state index < -0.39 is 0 Å². The normalized spacial score (nSPS) is 14.1. The quantitative estimate of drug-likeness (QED) is 0.400. The molecule has 0 radical (unpaired) electrons. The summed E-state index contributed by atoms with van der Waals surface area (Å²) in [5, 5.41) is 3.63. The lowest BCUT2D eigenvalue weighted by atomic mass is 9.82. The average molecular weight is 362 g/mol. The lowest BCUT2D eigenvalue weighted by Gasteiger charge is -2.22. The van der Waals surface area contributed by atoms with Gasteiger partial charge in [0.1, 0.15) is 0 Å². The van der Waals surface area contributed by atoms with Gasteiger partial charge in [-0.3, -0.25) is 0 Å². The molecule has 5 rings (SSSR count). The summed E-state index contributed by atoms with van der Waals surface area (Å²) in [6, 6.07) is 32.0. The van der Waals surface area contributed by atoms with Crippen molar-refractivity contribution in [3.63, 3.8) is 0 Å². The van der Waals surface area contributed by atoms with E-state index in [0.29, 0.717) is 6.04 Å². The van der Waals surface area contributed by atoms with Gasteiger partial charge in [-0.05, 0) is 46.0 Å². The number of fused-ring (bicyclic) bond motifs is 3. The van der Waals surface area contributed by atoms with E-state index in [9.17, 15) is 0 Å². The van der Waals surface area contributed by atoms with E-state index in [1.807, 2.05) is 24.3 Å². The Balaban J connectivity index is 1.54. The molecule has 28 heavy (non-hydrogen) atoms. The molecule has 0 saturated heterocycles. The van der Waals surface area contributed by atoms with Crippen LogP contribution in [0.2, 0.25) is 0 Å². The van der Waals surface area contributed by atoms with Gasteiger partial charge in [-0.1, -0.05) is 92.7 Å². The predicted molar refractivity (Wildman–Crippen MR) is 119 cm³/mol. The minimum Gasteiger partial charge on any atom is -0.355 e. The molecule has 1 aliphatic rings. The fourth-order valence-corrected chi connectivity index (χ4v) is 4.35. The van der Waals surface area contributed by atoms with Crippen LogP contribution in [0.3, 0.4) is 0 Å². The summed E-state index contributed by atoms with van der Waals surface area (Å²) in [6.07, 6.45) is 0. The summed E-state index contributed by atoms with van der Waals surface area (Å²) in [5.41, 5.74) is 9.82. The van der Waals surface area contributed by atoms with Gasteiger partial charge in [-0.15, -0.1) is 0 Å². The molecule has 0 heterocycles. The van der Waals surface area contributed by atoms with Crippen LogP contribution < -0.4 is 5.32 Å². The Morgan fingerprint density at radius 1 is 0.679 bits per heavy atom. The van der Waals surface area contributed by atoms with Gasteiger partial charge in [0, 0.05) is 22.4 Å². The van der Waals surface area contributed by atoms with Crippen LogP contribution in [0.5, 0.6) is 0 Å². The standard InChI is InChI=1S/C27H23N/c1-27(2)24-14-8-6-13-22(24)23-17-16-20(18-25(23)27)28-26-15-9-7-12-21(26)19-10-4-3-5-11-19/h3-18,28H,1-2H3/i3D. The van der Waals surface area contributed by atoms with Crippen LogP contribution in [0, 0.1) is 0 Å². The maximum absolute atomic E-state index is 7.73. The highest BCUT2D eigenvalue weighted by atomic mass is 14.9. The van der Waals surface area contributed by atoms with Gasteiger partial charge in [-0.25, -0.2) is 0 Å². The van der Waals surface area contributed by atoms with E-state index in [2.05, 4.69) is 85.9 Å². The highest BCUT2D eigenvalue weighted by Crippen LogP contribution is 2.49. The van der Waals surface area contributed by atoms with Gasteiger partial charge >= 0.3 is 0 Å². The lowest BCUT2D eigenvalue weighted by molar-refractivity contribution is 0.660. The second kappa shape index (κ2) is 6.38. The predicted octanol–water partition coefficient (Wildman–Crippen LogP) is 7.40. The largest absolute Gasteiger partial charge is 0.355 e. The maximum Gasteiger partial charge on any atom is 0.0623 e. The van der Waals surface area contributed by atoms with Crippen molar-refractivity contribution < 1.29 is 1.37 Å². The van der Waals surface area contributed by atoms with Crippen molar-refractivity contribution in [2.75, 3.05) is 5.32 Å². The summed E-state index contributed by atoms with van der Waals surface area (Å²) in [6.45, 7) is 4.61. The molecule has 0 amide bonds. The van der Waals surface area contributed by atoms with Gasteiger partial charge in [-0.2, -0.15) is 0 Å². The average Bonchev–Trinajstić information content (AvgIpc) is 2.97. The van der Waals surface area contributed by atoms with Crippen LogP contribution in [0.25, 0.3) is 22.3 Å². The fraction of sp³-hybridized carbons (Fsp3) is 0.111. The Morgan fingerprint density at radius 2 is 1.36 bits per heavy atom. The molecule has 0 fully saturated rings. The van der Waals surface area contributed by atoms with Crippen LogP contribution in [0.15, 0.2) is 97.0 Å². The smallest absolute Gasteiger partial charge is 0.0623 e. The monoisotopic (exact) mass is 362 g/mol. The second-order valence-corrected chi connectivity index (χ2v) is 7.89. The first-order valence-electron chi connectivity index (χ1n) is 10.2. The molecule has 0 saturated carbocycles. The van der Waals surface area contributed by atoms with Crippen LogP contribution in [0.1, 0.15) is 26.3 Å². The SMILES string of the molecule is [2H]c1ccc(-c2ccccc2Nc2ccc3c(c2)C(C)(C)c2ccccc2-3)cc1. The Kier molecular flexibility index (Phi) is 3.58. The maximum atomic E-state index is 7.73. The Bertz CT molecular complexity index is 1210. The lowest BCUT2D eigenvalue weighted by Crippen LogP contribution is -2.15. The van der Waals surface area contributed by atoms with Crippen molar-refractivity contribution in [2.24, 2.45) is 0 Å². The Labute approximate surface area is 168 Å². The van der Waals surface area contributed by atoms with E-state index in [1.165, 1.54) is 22.3 Å². The zero-order valence-corrected chi connectivity index (χ0v) is 16.2. The second-order valence-electron chi connectivity index (χ2n) is 7.89. The van der Waals surface area contributed by atoms with Crippen molar-refractivity contribution in [3.05, 3.63) is 108 Å². The highest BCUT2D eigenvalue weighted by molar-refractivity contribution is 5.85. The molecule has 0 aliphatic heterocycles. The molecule has 136 valence electrons. The van der Waals surface area contributed by atoms with Crippen LogP contribution in [-0.2, 0) is 5.41 Å². The molecule has 0 spiro atoms. The first-order chi connectivity index (χ1) is 14.0. The van der Waals surface area contributed by atoms with Crippen molar-refractivity contribution in [3.8, 4) is 22.3 Å². The number of benzene rings is 4. The molecule has 4 aromatic carbocycles. The van der Waals surface area contributed by atoms with E-state index in [4.69, 9.17) is 1.37 Å². The van der Waals surface area contributed by atoms with Gasteiger partial charge in [0.2, 0.25) is 0 Å². The molecular formula is C27H23N. The Hall–Kier alpha value is -3.32. The molecule has 0 unspecified atom stereocenters. The number of hydrogen-bond acceptors (Lipinski definition) is 1. The summed E-state index contributed by atoms with van der Waals surface area (Å²) < 4.78 is 7.73. The third-order valence-corrected chi connectivity index (χ3v) is 5.82. The molecule has 1 N–H and O–H groups in total. The van der Waals surface area contributed by atoms with Crippen molar-refractivity contribution >= 4 is 11.4 Å². The molecule has 0 atom stereocenters. The first-order valence-corrected chi connectivity index (χ1v) is 9.71. The molecule has 1 aliphatic carbocycles. The first kappa shape index (κ1) is 15.7. The van der Waals surface area contributed by atoms with Crippen LogP contribution >= 0.6 is 0 Å². The van der Waals surface area contributed by atoms with E-state index in [0.717, 1.165) is 22.5 Å². The van der Waals surface area contributed by atoms with Crippen molar-refractivity contribution in [1.82, 2.24) is 0 Å². The summed E-state index contributed by atoms with van der Waals surface area (Å²) in [7, 11) is 0. The van der Waals surface area contributed by atoms with Crippen LogP contribution in [0.4, 0.5) is 11.4 Å². The molecular weight excluding hydrogens is 338 g/mol. The number of nitrogens with one attached hydrogen (secondary N) is 1. The number of hydrogen-bond donors (Lipinski definition) is 1. The zero-order valence-electron chi connectivity index (χ0n) is 17.2. The molecule has 1 nitrogen and oxygen atoms in total. The summed E-state index contributed by atoms with van der Waals surface area (Å²) in [4.78, 5) is 0. The van der Waals surface area contributed by atoms with E-state index in [1.54, 1.807) is 0 Å². The third kappa shape index (κ3) is 2.63. The molecule has 4 aromatic rings. The van der Waals surface area contributed by atoms with E-state index in [-0.39, 0.29) is 5.41 Å². The summed E-state index contributed by atoms with van der Waals surface area (Å²) >= 11 is 0. The van der Waals surface area contributed by atoms with Gasteiger partial charge in [0.05, 0.1) is 1.37 Å². The fourth-order valence-electron chi connectivity index (χ4n) is 4.35. The number of anilines is 2. The van der Waals surface area contributed by atoms with Crippen molar-refractivity contribution in [1.29, 1.82) is 0 Å². The van der Waals surface area contributed by atoms with Crippen molar-refractivity contribution in [2.45, 2.75) is 19.3 Å². The zero-order chi connectivity index (χ0) is 20.0. The van der Waals surface area contributed by atoms with Gasteiger partial charge in [0.25, 0.3) is 0 Å². The number of rotatable bonds is 3. The summed E-state index contributed by atoms with van der Waals surface area (Å²) in [5.74, 6) is 0. The van der Waals surface area contributed by atoms with Crippen LogP contribution in [-0.4, -0.2) is 0 Å². The molecule has 0 aromatic heterocycles. The minimum absolute atomic E-state index is 0.00685.